The van der Waals surface area contributed by atoms with Crippen molar-refractivity contribution in [2.45, 2.75) is 50.9 Å². The number of benzene rings is 1. The first-order valence-corrected chi connectivity index (χ1v) is 8.27. The molecule has 5 heteroatoms. The number of hydrogen-bond acceptors (Lipinski definition) is 2. The molecule has 1 atom stereocenters. The van der Waals surface area contributed by atoms with Gasteiger partial charge in [0.05, 0.1) is 11.3 Å². The fourth-order valence-electron chi connectivity index (χ4n) is 3.46. The number of nitrogens with one attached hydrogen (secondary N) is 1. The monoisotopic (exact) mass is 321 g/mol. The van der Waals surface area contributed by atoms with E-state index in [1.165, 1.54) is 12.1 Å². The van der Waals surface area contributed by atoms with E-state index < -0.39 is 17.3 Å². The number of carboxylic acid groups (broad SMARTS) is 1. The molecule has 0 bridgehead atoms. The number of halogens is 1. The maximum absolute atomic E-state index is 13.6. The molecule has 23 heavy (non-hydrogen) atoms. The van der Waals surface area contributed by atoms with Crippen LogP contribution in [0.2, 0.25) is 0 Å². The third-order valence-electron chi connectivity index (χ3n) is 4.76. The van der Waals surface area contributed by atoms with E-state index in [0.717, 1.165) is 19.3 Å². The van der Waals surface area contributed by atoms with Crippen LogP contribution in [-0.4, -0.2) is 23.5 Å². The first-order chi connectivity index (χ1) is 11.0. The van der Waals surface area contributed by atoms with Gasteiger partial charge in [-0.25, -0.2) is 4.39 Å². The molecule has 4 nitrogen and oxygen atoms in total. The Kier molecular flexibility index (Phi) is 5.74. The van der Waals surface area contributed by atoms with Crippen molar-refractivity contribution < 1.29 is 19.1 Å². The molecule has 0 aliphatic heterocycles. The second-order valence-corrected chi connectivity index (χ2v) is 6.33. The summed E-state index contributed by atoms with van der Waals surface area (Å²) in [6.07, 6.45) is 4.47. The van der Waals surface area contributed by atoms with Crippen LogP contribution in [0.25, 0.3) is 0 Å². The second-order valence-electron chi connectivity index (χ2n) is 6.33. The van der Waals surface area contributed by atoms with Crippen molar-refractivity contribution in [1.82, 2.24) is 5.32 Å². The van der Waals surface area contributed by atoms with Crippen LogP contribution in [0, 0.1) is 11.7 Å². The second kappa shape index (κ2) is 7.57. The highest BCUT2D eigenvalue weighted by molar-refractivity contribution is 5.89. The third kappa shape index (κ3) is 3.89. The van der Waals surface area contributed by atoms with E-state index in [9.17, 15) is 19.1 Å². The highest BCUT2D eigenvalue weighted by Gasteiger charge is 2.43. The Morgan fingerprint density at radius 1 is 1.35 bits per heavy atom. The Bertz CT molecular complexity index is 567. The summed E-state index contributed by atoms with van der Waals surface area (Å²) in [4.78, 5) is 24.0. The van der Waals surface area contributed by atoms with Crippen LogP contribution in [-0.2, 0) is 15.0 Å². The SMILES string of the molecule is CCCC(CNC(=O)C1(c2cccc(F)c2)CCCC1)C(=O)O. The summed E-state index contributed by atoms with van der Waals surface area (Å²) in [6.45, 7) is 2.04. The van der Waals surface area contributed by atoms with Crippen LogP contribution in [0.4, 0.5) is 4.39 Å². The zero-order chi connectivity index (χ0) is 16.9. The maximum atomic E-state index is 13.6. The van der Waals surface area contributed by atoms with E-state index in [2.05, 4.69) is 5.32 Å². The molecule has 1 aliphatic rings. The molecule has 0 radical (unpaired) electrons. The molecule has 2 N–H and O–H groups in total. The minimum absolute atomic E-state index is 0.124. The lowest BCUT2D eigenvalue weighted by Gasteiger charge is -2.29. The minimum atomic E-state index is -0.890. The van der Waals surface area contributed by atoms with Gasteiger partial charge in [-0.05, 0) is 37.0 Å². The molecule has 0 spiro atoms. The Morgan fingerprint density at radius 2 is 2.04 bits per heavy atom. The van der Waals surface area contributed by atoms with Crippen molar-refractivity contribution >= 4 is 11.9 Å². The summed E-state index contributed by atoms with van der Waals surface area (Å²) in [5, 5.41) is 12.0. The van der Waals surface area contributed by atoms with Crippen molar-refractivity contribution in [1.29, 1.82) is 0 Å². The molecule has 1 unspecified atom stereocenters. The van der Waals surface area contributed by atoms with Crippen molar-refractivity contribution in [3.05, 3.63) is 35.6 Å². The van der Waals surface area contributed by atoms with Gasteiger partial charge in [0.15, 0.2) is 0 Å². The van der Waals surface area contributed by atoms with Crippen LogP contribution in [0.1, 0.15) is 51.0 Å². The van der Waals surface area contributed by atoms with Gasteiger partial charge >= 0.3 is 5.97 Å². The van der Waals surface area contributed by atoms with E-state index in [-0.39, 0.29) is 18.3 Å². The van der Waals surface area contributed by atoms with Crippen LogP contribution >= 0.6 is 0 Å². The molecular formula is C18H24FNO3. The molecule has 0 heterocycles. The van der Waals surface area contributed by atoms with Crippen molar-refractivity contribution in [3.63, 3.8) is 0 Å². The van der Waals surface area contributed by atoms with Gasteiger partial charge in [0.25, 0.3) is 0 Å². The molecule has 1 aromatic rings. The molecule has 126 valence electrons. The van der Waals surface area contributed by atoms with Gasteiger partial charge in [0.2, 0.25) is 5.91 Å². The quantitative estimate of drug-likeness (QED) is 0.810. The lowest BCUT2D eigenvalue weighted by Crippen LogP contribution is -2.45. The van der Waals surface area contributed by atoms with E-state index >= 15 is 0 Å². The van der Waals surface area contributed by atoms with Gasteiger partial charge in [0, 0.05) is 6.54 Å². The summed E-state index contributed by atoms with van der Waals surface area (Å²) in [7, 11) is 0. The Labute approximate surface area is 136 Å². The van der Waals surface area contributed by atoms with Crippen LogP contribution in [0.15, 0.2) is 24.3 Å². The molecule has 0 aromatic heterocycles. The Balaban J connectivity index is 2.14. The number of hydrogen-bond donors (Lipinski definition) is 2. The van der Waals surface area contributed by atoms with Crippen LogP contribution < -0.4 is 5.32 Å². The van der Waals surface area contributed by atoms with Crippen molar-refractivity contribution in [2.24, 2.45) is 5.92 Å². The maximum Gasteiger partial charge on any atom is 0.308 e. The van der Waals surface area contributed by atoms with Crippen LogP contribution in [0.3, 0.4) is 0 Å². The average Bonchev–Trinajstić information content (AvgIpc) is 3.01. The highest BCUT2D eigenvalue weighted by Crippen LogP contribution is 2.41. The number of carbonyl (C=O) groups excluding carboxylic acids is 1. The summed E-state index contributed by atoms with van der Waals surface area (Å²) in [5.74, 6) is -1.99. The summed E-state index contributed by atoms with van der Waals surface area (Å²) >= 11 is 0. The summed E-state index contributed by atoms with van der Waals surface area (Å²) in [5.41, 5.74) is -0.0351. The number of amides is 1. The van der Waals surface area contributed by atoms with Gasteiger partial charge in [-0.3, -0.25) is 9.59 Å². The topological polar surface area (TPSA) is 66.4 Å². The Hall–Kier alpha value is -1.91. The average molecular weight is 321 g/mol. The van der Waals surface area contributed by atoms with Gasteiger partial charge in [-0.2, -0.15) is 0 Å². The fraction of sp³-hybridized carbons (Fsp3) is 0.556. The zero-order valence-electron chi connectivity index (χ0n) is 13.5. The number of carboxylic acids is 1. The van der Waals surface area contributed by atoms with E-state index in [1.807, 2.05) is 6.92 Å². The predicted molar refractivity (Wildman–Crippen MR) is 85.6 cm³/mol. The van der Waals surface area contributed by atoms with Crippen molar-refractivity contribution in [2.75, 3.05) is 6.54 Å². The summed E-state index contributed by atoms with van der Waals surface area (Å²) < 4.78 is 13.6. The lowest BCUT2D eigenvalue weighted by molar-refractivity contribution is -0.142. The molecule has 0 saturated heterocycles. The van der Waals surface area contributed by atoms with Gasteiger partial charge in [-0.1, -0.05) is 38.3 Å². The number of carbonyl (C=O) groups is 2. The van der Waals surface area contributed by atoms with E-state index in [1.54, 1.807) is 12.1 Å². The number of rotatable bonds is 7. The van der Waals surface area contributed by atoms with E-state index in [0.29, 0.717) is 24.8 Å². The smallest absolute Gasteiger partial charge is 0.308 e. The molecular weight excluding hydrogens is 297 g/mol. The molecule has 2 rings (SSSR count). The van der Waals surface area contributed by atoms with E-state index in [4.69, 9.17) is 0 Å². The first-order valence-electron chi connectivity index (χ1n) is 8.27. The van der Waals surface area contributed by atoms with Gasteiger partial charge in [0.1, 0.15) is 5.82 Å². The molecule has 1 fully saturated rings. The molecule has 1 saturated carbocycles. The standard InChI is InChI=1S/C18H24FNO3/c1-2-6-13(16(21)22)12-20-17(23)18(9-3-4-10-18)14-7-5-8-15(19)11-14/h5,7-8,11,13H,2-4,6,9-10,12H2,1H3,(H,20,23)(H,21,22). The Morgan fingerprint density at radius 3 is 2.61 bits per heavy atom. The molecule has 1 aromatic carbocycles. The van der Waals surface area contributed by atoms with Gasteiger partial charge < -0.3 is 10.4 Å². The fourth-order valence-corrected chi connectivity index (χ4v) is 3.46. The minimum Gasteiger partial charge on any atom is -0.481 e. The predicted octanol–water partition coefficient (Wildman–Crippen LogP) is 3.25. The highest BCUT2D eigenvalue weighted by atomic mass is 19.1. The first kappa shape index (κ1) is 17.4. The molecule has 1 aliphatic carbocycles. The number of aliphatic carboxylic acids is 1. The summed E-state index contributed by atoms with van der Waals surface area (Å²) in [6, 6.07) is 6.20. The van der Waals surface area contributed by atoms with Crippen LogP contribution in [0.5, 0.6) is 0 Å². The molecule has 1 amide bonds. The van der Waals surface area contributed by atoms with Crippen molar-refractivity contribution in [3.8, 4) is 0 Å². The third-order valence-corrected chi connectivity index (χ3v) is 4.76. The lowest BCUT2D eigenvalue weighted by atomic mass is 9.78. The largest absolute Gasteiger partial charge is 0.481 e. The zero-order valence-corrected chi connectivity index (χ0v) is 13.5. The van der Waals surface area contributed by atoms with Gasteiger partial charge in [-0.15, -0.1) is 0 Å². The normalized spacial score (nSPS) is 17.7.